The zero-order valence-corrected chi connectivity index (χ0v) is 13.3. The highest BCUT2D eigenvalue weighted by atomic mass is 32.2. The highest BCUT2D eigenvalue weighted by molar-refractivity contribution is 7.89. The average molecular weight is 310 g/mol. The van der Waals surface area contributed by atoms with Gasteiger partial charge in [0.25, 0.3) is 0 Å². The zero-order chi connectivity index (χ0) is 14.9. The Kier molecular flexibility index (Phi) is 4.17. The molecule has 3 N–H and O–H groups in total. The minimum atomic E-state index is -3.68. The molecule has 1 unspecified atom stereocenters. The van der Waals surface area contributed by atoms with Gasteiger partial charge in [0.2, 0.25) is 10.0 Å². The van der Waals surface area contributed by atoms with Gasteiger partial charge in [-0.25, -0.2) is 13.6 Å². The maximum atomic E-state index is 11.4. The Bertz CT molecular complexity index is 721. The third-order valence-corrected chi connectivity index (χ3v) is 5.19. The molecule has 0 aliphatic carbocycles. The fourth-order valence-corrected chi connectivity index (χ4v) is 3.34. The summed E-state index contributed by atoms with van der Waals surface area (Å²) in [5.41, 5.74) is 1.77. The first kappa shape index (κ1) is 15.0. The minimum Gasteiger partial charge on any atom is -0.377 e. The molecule has 1 aromatic heterocycles. The topological polar surface area (TPSA) is 72.2 Å². The summed E-state index contributed by atoms with van der Waals surface area (Å²) in [5, 5.41) is 8.51. The van der Waals surface area contributed by atoms with Gasteiger partial charge in [-0.2, -0.15) is 0 Å². The summed E-state index contributed by atoms with van der Waals surface area (Å²) in [4.78, 5) is 2.59. The zero-order valence-electron chi connectivity index (χ0n) is 11.7. The van der Waals surface area contributed by atoms with Crippen molar-refractivity contribution in [3.05, 3.63) is 45.6 Å². The smallest absolute Gasteiger partial charge is 0.238 e. The maximum Gasteiger partial charge on any atom is 0.238 e. The van der Waals surface area contributed by atoms with Gasteiger partial charge in [0.1, 0.15) is 0 Å². The molecule has 20 heavy (non-hydrogen) atoms. The third-order valence-electron chi connectivity index (χ3n) is 3.10. The second-order valence-corrected chi connectivity index (χ2v) is 7.72. The van der Waals surface area contributed by atoms with Gasteiger partial charge in [-0.05, 0) is 50.6 Å². The highest BCUT2D eigenvalue weighted by Gasteiger charge is 2.13. The van der Waals surface area contributed by atoms with Crippen LogP contribution in [0.1, 0.15) is 28.3 Å². The van der Waals surface area contributed by atoms with Gasteiger partial charge in [-0.3, -0.25) is 0 Å². The number of aryl methyl sites for hydroxylation is 2. The summed E-state index contributed by atoms with van der Waals surface area (Å²) in [7, 11) is -3.68. The minimum absolute atomic E-state index is 0.114. The van der Waals surface area contributed by atoms with E-state index >= 15 is 0 Å². The van der Waals surface area contributed by atoms with Gasteiger partial charge in [0, 0.05) is 15.4 Å². The van der Waals surface area contributed by atoms with Crippen molar-refractivity contribution in [3.63, 3.8) is 0 Å². The quantitative estimate of drug-likeness (QED) is 0.911. The molecule has 0 aliphatic heterocycles. The SMILES string of the molecule is Cc1ccc(C(C)Nc2cc(S(N)(=O)=O)ccc2C)s1. The first-order chi connectivity index (χ1) is 9.27. The van der Waals surface area contributed by atoms with Gasteiger partial charge < -0.3 is 5.32 Å². The summed E-state index contributed by atoms with van der Waals surface area (Å²) in [6, 6.07) is 9.14. The molecule has 0 spiro atoms. The Hall–Kier alpha value is -1.37. The van der Waals surface area contributed by atoms with E-state index in [1.165, 1.54) is 15.8 Å². The van der Waals surface area contributed by atoms with Crippen molar-refractivity contribution in [1.29, 1.82) is 0 Å². The molecule has 2 aromatic rings. The summed E-state index contributed by atoms with van der Waals surface area (Å²) in [6.07, 6.45) is 0. The molecule has 1 aromatic carbocycles. The van der Waals surface area contributed by atoms with E-state index in [1.807, 2.05) is 13.8 Å². The number of hydrogen-bond acceptors (Lipinski definition) is 4. The second kappa shape index (κ2) is 5.55. The molecule has 6 heteroatoms. The molecule has 108 valence electrons. The number of anilines is 1. The molecule has 0 saturated carbocycles. The fraction of sp³-hybridized carbons (Fsp3) is 0.286. The van der Waals surface area contributed by atoms with Crippen LogP contribution in [0.5, 0.6) is 0 Å². The van der Waals surface area contributed by atoms with Crippen LogP contribution in [0.25, 0.3) is 0 Å². The maximum absolute atomic E-state index is 11.4. The Morgan fingerprint density at radius 1 is 1.20 bits per heavy atom. The van der Waals surface area contributed by atoms with E-state index in [4.69, 9.17) is 5.14 Å². The van der Waals surface area contributed by atoms with E-state index < -0.39 is 10.0 Å². The monoisotopic (exact) mass is 310 g/mol. The van der Waals surface area contributed by atoms with Gasteiger partial charge in [-0.15, -0.1) is 11.3 Å². The van der Waals surface area contributed by atoms with Gasteiger partial charge >= 0.3 is 0 Å². The second-order valence-electron chi connectivity index (χ2n) is 4.84. The lowest BCUT2D eigenvalue weighted by atomic mass is 10.1. The molecule has 0 aliphatic rings. The van der Waals surface area contributed by atoms with Crippen LogP contribution in [0.2, 0.25) is 0 Å². The Balaban J connectivity index is 2.29. The molecule has 0 fully saturated rings. The van der Waals surface area contributed by atoms with E-state index in [-0.39, 0.29) is 10.9 Å². The van der Waals surface area contributed by atoms with Crippen molar-refractivity contribution in [2.45, 2.75) is 31.7 Å². The van der Waals surface area contributed by atoms with Crippen molar-refractivity contribution < 1.29 is 8.42 Å². The largest absolute Gasteiger partial charge is 0.377 e. The molecule has 2 rings (SSSR count). The van der Waals surface area contributed by atoms with Crippen LogP contribution in [0, 0.1) is 13.8 Å². The predicted octanol–water partition coefficient (Wildman–Crippen LogP) is 3.19. The standard InChI is InChI=1S/C14H18N2O2S2/c1-9-4-6-12(20(15,17)18)8-13(9)16-11(3)14-7-5-10(2)19-14/h4-8,11,16H,1-3H3,(H2,15,17,18). The number of rotatable bonds is 4. The molecule has 0 radical (unpaired) electrons. The number of nitrogens with one attached hydrogen (secondary N) is 1. The van der Waals surface area contributed by atoms with Crippen molar-refractivity contribution in [2.24, 2.45) is 5.14 Å². The highest BCUT2D eigenvalue weighted by Crippen LogP contribution is 2.28. The first-order valence-electron chi connectivity index (χ1n) is 6.23. The van der Waals surface area contributed by atoms with Crippen LogP contribution in [-0.2, 0) is 10.0 Å². The van der Waals surface area contributed by atoms with Gasteiger partial charge in [0.15, 0.2) is 0 Å². The van der Waals surface area contributed by atoms with Crippen LogP contribution >= 0.6 is 11.3 Å². The fourth-order valence-electron chi connectivity index (χ4n) is 1.92. The Morgan fingerprint density at radius 3 is 2.45 bits per heavy atom. The summed E-state index contributed by atoms with van der Waals surface area (Å²) < 4.78 is 22.8. The Labute approximate surface area is 123 Å². The lowest BCUT2D eigenvalue weighted by Crippen LogP contribution is -2.13. The molecule has 0 bridgehead atoms. The normalized spacial score (nSPS) is 13.2. The summed E-state index contributed by atoms with van der Waals surface area (Å²) >= 11 is 1.73. The van der Waals surface area contributed by atoms with Gasteiger partial charge in [0.05, 0.1) is 10.9 Å². The lowest BCUT2D eigenvalue weighted by Gasteiger charge is -2.16. The summed E-state index contributed by atoms with van der Waals surface area (Å²) in [5.74, 6) is 0. The van der Waals surface area contributed by atoms with Crippen molar-refractivity contribution in [2.75, 3.05) is 5.32 Å². The number of benzene rings is 1. The molecule has 1 heterocycles. The van der Waals surface area contributed by atoms with Crippen LogP contribution < -0.4 is 10.5 Å². The molecule has 0 amide bonds. The molecular weight excluding hydrogens is 292 g/mol. The van der Waals surface area contributed by atoms with Crippen LogP contribution in [0.3, 0.4) is 0 Å². The number of primary sulfonamides is 1. The predicted molar refractivity (Wildman–Crippen MR) is 83.6 cm³/mol. The van der Waals surface area contributed by atoms with Gasteiger partial charge in [-0.1, -0.05) is 6.07 Å². The number of thiophene rings is 1. The van der Waals surface area contributed by atoms with Crippen LogP contribution in [0.15, 0.2) is 35.2 Å². The van der Waals surface area contributed by atoms with Crippen molar-refractivity contribution in [3.8, 4) is 0 Å². The van der Waals surface area contributed by atoms with Crippen molar-refractivity contribution in [1.82, 2.24) is 0 Å². The molecule has 0 saturated heterocycles. The third kappa shape index (κ3) is 3.39. The van der Waals surface area contributed by atoms with E-state index in [1.54, 1.807) is 23.5 Å². The molecular formula is C14H18N2O2S2. The van der Waals surface area contributed by atoms with E-state index in [9.17, 15) is 8.42 Å². The van der Waals surface area contributed by atoms with Crippen LogP contribution in [0.4, 0.5) is 5.69 Å². The molecule has 4 nitrogen and oxygen atoms in total. The number of sulfonamides is 1. The number of nitrogens with two attached hydrogens (primary N) is 1. The van der Waals surface area contributed by atoms with E-state index in [0.29, 0.717) is 0 Å². The lowest BCUT2D eigenvalue weighted by molar-refractivity contribution is 0.598. The molecule has 1 atom stereocenters. The Morgan fingerprint density at radius 2 is 1.90 bits per heavy atom. The summed E-state index contributed by atoms with van der Waals surface area (Å²) in [6.45, 7) is 6.05. The van der Waals surface area contributed by atoms with Crippen LogP contribution in [-0.4, -0.2) is 8.42 Å². The average Bonchev–Trinajstić information content (AvgIpc) is 2.77. The van der Waals surface area contributed by atoms with Crippen molar-refractivity contribution >= 4 is 27.0 Å². The van der Waals surface area contributed by atoms with E-state index in [0.717, 1.165) is 11.3 Å². The first-order valence-corrected chi connectivity index (χ1v) is 8.60. The van der Waals surface area contributed by atoms with E-state index in [2.05, 4.69) is 24.4 Å². The number of hydrogen-bond donors (Lipinski definition) is 2.